The number of fused-ring (bicyclic) bond motifs is 2. The number of halogens is 5. The molecule has 2 amide bonds. The minimum Gasteiger partial charge on any atom is -0.391 e. The molecule has 38 heavy (non-hydrogen) atoms. The Morgan fingerprint density at radius 3 is 2.32 bits per heavy atom. The van der Waals surface area contributed by atoms with Crippen molar-refractivity contribution in [3.63, 3.8) is 0 Å². The molecule has 2 saturated heterocycles. The van der Waals surface area contributed by atoms with Crippen LogP contribution < -0.4 is 10.6 Å². The van der Waals surface area contributed by atoms with Gasteiger partial charge in [0.05, 0.1) is 17.0 Å². The first kappa shape index (κ1) is 26.7. The van der Waals surface area contributed by atoms with E-state index < -0.39 is 54.0 Å². The summed E-state index contributed by atoms with van der Waals surface area (Å²) < 4.78 is 67.3. The largest absolute Gasteiger partial charge is 0.408 e. The molecule has 0 radical (unpaired) electrons. The Morgan fingerprint density at radius 1 is 1.13 bits per heavy atom. The molecule has 3 N–H and O–H groups in total. The standard InChI is InChI=1S/C24H26F5N5O3S/c1-10(24(27,28)29)31-17-8-13(20(25)26)14(9-30-17)19-18(23(37)34-11-2-3-12(34)5-4-11)33-22(38-19)21(36)32-15-6-7-16(15)35/h8-12,15-16,20,35H,2-7H2,1H3,(H,30,31)(H,32,36)/t10-,11-,12+,15+,16+/m0/s1. The number of carbonyl (C=O) groups is 2. The summed E-state index contributed by atoms with van der Waals surface area (Å²) in [5, 5.41) is 14.4. The number of nitrogens with one attached hydrogen (secondary N) is 2. The number of aromatic nitrogens is 2. The zero-order valence-corrected chi connectivity index (χ0v) is 21.1. The molecule has 0 unspecified atom stereocenters. The van der Waals surface area contributed by atoms with Crippen LogP contribution in [0, 0.1) is 0 Å². The third-order valence-electron chi connectivity index (χ3n) is 7.54. The maximum atomic E-state index is 14.2. The summed E-state index contributed by atoms with van der Waals surface area (Å²) in [6.45, 7) is 0.839. The number of rotatable bonds is 7. The van der Waals surface area contributed by atoms with Gasteiger partial charge in [0.15, 0.2) is 5.01 Å². The highest BCUT2D eigenvalue weighted by Gasteiger charge is 2.44. The van der Waals surface area contributed by atoms with E-state index in [0.29, 0.717) is 12.8 Å². The number of carbonyl (C=O) groups excluding carboxylic acids is 2. The van der Waals surface area contributed by atoms with Gasteiger partial charge in [-0.1, -0.05) is 0 Å². The van der Waals surface area contributed by atoms with Gasteiger partial charge in [0.1, 0.15) is 17.6 Å². The molecule has 2 aromatic rings. The van der Waals surface area contributed by atoms with E-state index in [2.05, 4.69) is 20.6 Å². The first-order chi connectivity index (χ1) is 17.9. The maximum Gasteiger partial charge on any atom is 0.408 e. The second-order valence-electron chi connectivity index (χ2n) is 9.96. The fourth-order valence-electron chi connectivity index (χ4n) is 5.22. The zero-order chi connectivity index (χ0) is 27.4. The molecule has 2 aromatic heterocycles. The van der Waals surface area contributed by atoms with E-state index in [1.807, 2.05) is 0 Å². The smallest absolute Gasteiger partial charge is 0.391 e. The SMILES string of the molecule is C[C@H](Nc1cc(C(F)F)c(-c2sc(C(=O)N[C@@H]3CC[C@H]3O)nc2C(=O)N2[C@H]3CC[C@@H]2CC3)cn1)C(F)(F)F. The molecule has 3 fully saturated rings. The van der Waals surface area contributed by atoms with Crippen molar-refractivity contribution in [3.05, 3.63) is 28.5 Å². The predicted molar refractivity (Wildman–Crippen MR) is 128 cm³/mol. The normalized spacial score (nSPS) is 25.4. The van der Waals surface area contributed by atoms with E-state index in [4.69, 9.17) is 0 Å². The number of nitrogens with zero attached hydrogens (tertiary/aromatic N) is 3. The van der Waals surface area contributed by atoms with Crippen LogP contribution in [0.1, 0.15) is 77.7 Å². The Morgan fingerprint density at radius 2 is 1.79 bits per heavy atom. The summed E-state index contributed by atoms with van der Waals surface area (Å²) in [6.07, 6.45) is -3.05. The lowest BCUT2D eigenvalue weighted by Crippen LogP contribution is -2.50. The Bertz CT molecular complexity index is 1220. The van der Waals surface area contributed by atoms with Crippen LogP contribution >= 0.6 is 11.3 Å². The molecule has 3 aliphatic rings. The van der Waals surface area contributed by atoms with Gasteiger partial charge in [0.25, 0.3) is 18.2 Å². The van der Waals surface area contributed by atoms with Crippen molar-refractivity contribution in [3.8, 4) is 10.4 Å². The van der Waals surface area contributed by atoms with Crippen molar-refractivity contribution in [2.75, 3.05) is 5.32 Å². The number of aliphatic hydroxyl groups excluding tert-OH is 1. The van der Waals surface area contributed by atoms with Crippen molar-refractivity contribution < 1.29 is 36.6 Å². The minimum absolute atomic E-state index is 0.00109. The summed E-state index contributed by atoms with van der Waals surface area (Å²) in [5.74, 6) is -1.52. The van der Waals surface area contributed by atoms with E-state index in [-0.39, 0.29) is 33.2 Å². The highest BCUT2D eigenvalue weighted by molar-refractivity contribution is 7.17. The van der Waals surface area contributed by atoms with Gasteiger partial charge in [0.2, 0.25) is 0 Å². The second-order valence-corrected chi connectivity index (χ2v) is 11.0. The number of thiazole rings is 1. The van der Waals surface area contributed by atoms with Gasteiger partial charge in [0, 0.05) is 29.4 Å². The van der Waals surface area contributed by atoms with Gasteiger partial charge in [-0.3, -0.25) is 9.59 Å². The van der Waals surface area contributed by atoms with E-state index in [1.54, 1.807) is 4.90 Å². The second kappa shape index (κ2) is 10.0. The molecule has 1 saturated carbocycles. The predicted octanol–water partition coefficient (Wildman–Crippen LogP) is 4.53. The molecular weight excluding hydrogens is 533 g/mol. The Balaban J connectivity index is 1.53. The van der Waals surface area contributed by atoms with E-state index in [0.717, 1.165) is 56.2 Å². The Kier molecular flexibility index (Phi) is 7.05. The summed E-state index contributed by atoms with van der Waals surface area (Å²) in [7, 11) is 0. The third kappa shape index (κ3) is 4.95. The average molecular weight is 560 g/mol. The Labute approximate surface area is 218 Å². The number of aliphatic hydroxyl groups is 1. The van der Waals surface area contributed by atoms with E-state index in [9.17, 15) is 36.6 Å². The zero-order valence-electron chi connectivity index (χ0n) is 20.3. The molecule has 4 heterocycles. The van der Waals surface area contributed by atoms with Crippen molar-refractivity contribution in [1.29, 1.82) is 0 Å². The van der Waals surface area contributed by atoms with Crippen molar-refractivity contribution in [1.82, 2.24) is 20.2 Å². The monoisotopic (exact) mass is 559 g/mol. The summed E-state index contributed by atoms with van der Waals surface area (Å²) >= 11 is 0.738. The highest BCUT2D eigenvalue weighted by Crippen LogP contribution is 2.42. The van der Waals surface area contributed by atoms with Gasteiger partial charge in [-0.2, -0.15) is 13.2 Å². The van der Waals surface area contributed by atoms with Gasteiger partial charge in [-0.05, 0) is 51.5 Å². The van der Waals surface area contributed by atoms with Crippen LogP contribution in [0.25, 0.3) is 10.4 Å². The highest BCUT2D eigenvalue weighted by atomic mass is 32.1. The van der Waals surface area contributed by atoms with Crippen molar-refractivity contribution >= 4 is 29.0 Å². The maximum absolute atomic E-state index is 14.2. The first-order valence-electron chi connectivity index (χ1n) is 12.4. The van der Waals surface area contributed by atoms with Crippen molar-refractivity contribution in [2.45, 2.75) is 88.3 Å². The van der Waals surface area contributed by atoms with Crippen LogP contribution in [0.3, 0.4) is 0 Å². The minimum atomic E-state index is -4.62. The molecule has 0 aromatic carbocycles. The molecule has 5 rings (SSSR count). The summed E-state index contributed by atoms with van der Waals surface area (Å²) in [4.78, 5) is 36.4. The number of pyridine rings is 1. The summed E-state index contributed by atoms with van der Waals surface area (Å²) in [6, 6.07) is -1.67. The number of hydrogen-bond donors (Lipinski definition) is 3. The van der Waals surface area contributed by atoms with Crippen LogP contribution in [-0.2, 0) is 0 Å². The molecule has 2 bridgehead atoms. The average Bonchev–Trinajstić information content (AvgIpc) is 3.60. The van der Waals surface area contributed by atoms with Gasteiger partial charge >= 0.3 is 6.18 Å². The quantitative estimate of drug-likeness (QED) is 0.431. The number of alkyl halides is 5. The van der Waals surface area contributed by atoms with Gasteiger partial charge in [-0.15, -0.1) is 11.3 Å². The van der Waals surface area contributed by atoms with Gasteiger partial charge < -0.3 is 20.6 Å². The lowest BCUT2D eigenvalue weighted by Gasteiger charge is -2.32. The molecule has 3 atom stereocenters. The molecule has 2 aliphatic heterocycles. The van der Waals surface area contributed by atoms with E-state index >= 15 is 0 Å². The first-order valence-corrected chi connectivity index (χ1v) is 13.2. The molecule has 206 valence electrons. The topological polar surface area (TPSA) is 107 Å². The lowest BCUT2D eigenvalue weighted by molar-refractivity contribution is -0.138. The Hall–Kier alpha value is -2.87. The van der Waals surface area contributed by atoms with Crippen LogP contribution in [0.4, 0.5) is 27.8 Å². The summed E-state index contributed by atoms with van der Waals surface area (Å²) in [5.41, 5.74) is -0.984. The van der Waals surface area contributed by atoms with Gasteiger partial charge in [-0.25, -0.2) is 18.7 Å². The number of anilines is 1. The van der Waals surface area contributed by atoms with Crippen LogP contribution in [0.2, 0.25) is 0 Å². The lowest BCUT2D eigenvalue weighted by atomic mass is 9.89. The number of amides is 2. The molecule has 8 nitrogen and oxygen atoms in total. The molecular formula is C24H26F5N5O3S. The van der Waals surface area contributed by atoms with Crippen LogP contribution in [0.5, 0.6) is 0 Å². The van der Waals surface area contributed by atoms with E-state index in [1.165, 1.54) is 0 Å². The molecule has 14 heteroatoms. The van der Waals surface area contributed by atoms with Crippen LogP contribution in [-0.4, -0.2) is 68.2 Å². The fraction of sp³-hybridized carbons (Fsp3) is 0.583. The van der Waals surface area contributed by atoms with Crippen molar-refractivity contribution in [2.24, 2.45) is 0 Å². The molecule has 0 spiro atoms. The molecule has 1 aliphatic carbocycles. The number of hydrogen-bond acceptors (Lipinski definition) is 7. The fourth-order valence-corrected chi connectivity index (χ4v) is 6.21. The van der Waals surface area contributed by atoms with Crippen LogP contribution in [0.15, 0.2) is 12.3 Å². The third-order valence-corrected chi connectivity index (χ3v) is 8.62.